The van der Waals surface area contributed by atoms with Crippen molar-refractivity contribution in [1.82, 2.24) is 4.90 Å². The van der Waals surface area contributed by atoms with Crippen molar-refractivity contribution in [2.24, 2.45) is 0 Å². The van der Waals surface area contributed by atoms with Crippen LogP contribution in [0.3, 0.4) is 0 Å². The molecule has 8 heteroatoms. The van der Waals surface area contributed by atoms with E-state index < -0.39 is 6.36 Å². The second-order valence-corrected chi connectivity index (χ2v) is 7.93. The number of hydrogen-bond acceptors (Lipinski definition) is 4. The molecule has 1 saturated heterocycles. The molecule has 0 aliphatic carbocycles. The molecule has 0 unspecified atom stereocenters. The Morgan fingerprint density at radius 2 is 1.78 bits per heavy atom. The van der Waals surface area contributed by atoms with Crippen molar-refractivity contribution in [2.75, 3.05) is 19.8 Å². The number of hydrogen-bond donors (Lipinski definition) is 1. The van der Waals surface area contributed by atoms with Crippen molar-refractivity contribution in [2.45, 2.75) is 18.9 Å². The third kappa shape index (κ3) is 5.35. The van der Waals surface area contributed by atoms with Gasteiger partial charge in [-0.15, -0.1) is 13.2 Å². The molecular weight excluding hydrogens is 443 g/mol. The van der Waals surface area contributed by atoms with Gasteiger partial charge < -0.3 is 14.6 Å². The maximum Gasteiger partial charge on any atom is 0.573 e. The number of phenols is 1. The van der Waals surface area contributed by atoms with E-state index in [1.54, 1.807) is 12.1 Å². The summed E-state index contributed by atoms with van der Waals surface area (Å²) in [5.74, 6) is -0.506. The van der Waals surface area contributed by atoms with Gasteiger partial charge >= 0.3 is 6.36 Å². The molecule has 1 N–H and O–H groups in total. The van der Waals surface area contributed by atoms with Gasteiger partial charge in [0, 0.05) is 23.7 Å². The number of rotatable bonds is 5. The van der Waals surface area contributed by atoms with Gasteiger partial charge in [0.1, 0.15) is 11.5 Å². The highest BCUT2D eigenvalue weighted by Gasteiger charge is 2.33. The van der Waals surface area contributed by atoms with Crippen molar-refractivity contribution >= 4 is 11.6 Å². The Kier molecular flexibility index (Phi) is 6.60. The van der Waals surface area contributed by atoms with Crippen molar-refractivity contribution < 1.29 is 27.8 Å². The molecule has 0 saturated carbocycles. The molecule has 32 heavy (non-hydrogen) atoms. The number of ether oxygens (including phenoxy) is 2. The van der Waals surface area contributed by atoms with E-state index in [1.165, 1.54) is 12.1 Å². The number of halogens is 4. The first-order chi connectivity index (χ1) is 15.3. The summed E-state index contributed by atoms with van der Waals surface area (Å²) in [7, 11) is 0. The van der Waals surface area contributed by atoms with Crippen LogP contribution in [0, 0.1) is 0 Å². The number of alkyl halides is 3. The van der Waals surface area contributed by atoms with Crippen LogP contribution in [0.2, 0.25) is 5.02 Å². The van der Waals surface area contributed by atoms with Gasteiger partial charge in [-0.1, -0.05) is 48.0 Å². The minimum atomic E-state index is -4.84. The molecule has 0 bridgehead atoms. The van der Waals surface area contributed by atoms with E-state index in [0.717, 1.165) is 17.2 Å². The second kappa shape index (κ2) is 9.40. The lowest BCUT2D eigenvalue weighted by Gasteiger charge is -2.36. The maximum absolute atomic E-state index is 13.0. The summed E-state index contributed by atoms with van der Waals surface area (Å²) in [4.78, 5) is 2.22. The molecular formula is C24H21ClF3NO3. The zero-order valence-electron chi connectivity index (χ0n) is 17.0. The van der Waals surface area contributed by atoms with E-state index >= 15 is 0 Å². The molecule has 0 amide bonds. The lowest BCUT2D eigenvalue weighted by Crippen LogP contribution is -2.39. The summed E-state index contributed by atoms with van der Waals surface area (Å²) >= 11 is 6.02. The van der Waals surface area contributed by atoms with E-state index in [-0.39, 0.29) is 23.1 Å². The molecule has 1 atom stereocenters. The predicted octanol–water partition coefficient (Wildman–Crippen LogP) is 6.18. The molecule has 1 aliphatic heterocycles. The molecule has 4 rings (SSSR count). The second-order valence-electron chi connectivity index (χ2n) is 7.50. The van der Waals surface area contributed by atoms with Crippen LogP contribution in [0.5, 0.6) is 11.5 Å². The van der Waals surface area contributed by atoms with Gasteiger partial charge in [-0.2, -0.15) is 0 Å². The summed E-state index contributed by atoms with van der Waals surface area (Å²) in [6, 6.07) is 18.3. The number of aromatic hydroxyl groups is 1. The number of morpholine rings is 1. The first-order valence-corrected chi connectivity index (χ1v) is 10.4. The zero-order valence-corrected chi connectivity index (χ0v) is 17.7. The lowest BCUT2D eigenvalue weighted by molar-refractivity contribution is -0.274. The molecule has 1 fully saturated rings. The average molecular weight is 464 g/mol. The van der Waals surface area contributed by atoms with Crippen molar-refractivity contribution in [3.63, 3.8) is 0 Å². The molecule has 3 aromatic carbocycles. The summed E-state index contributed by atoms with van der Waals surface area (Å²) in [6.45, 7) is 2.20. The molecule has 1 heterocycles. The Bertz CT molecular complexity index is 1070. The van der Waals surface area contributed by atoms with Crippen LogP contribution in [0.4, 0.5) is 13.2 Å². The monoisotopic (exact) mass is 463 g/mol. The van der Waals surface area contributed by atoms with Gasteiger partial charge in [0.2, 0.25) is 0 Å². The highest BCUT2D eigenvalue weighted by atomic mass is 35.5. The van der Waals surface area contributed by atoms with Crippen molar-refractivity contribution in [1.29, 1.82) is 0 Å². The maximum atomic E-state index is 13.0. The van der Waals surface area contributed by atoms with Crippen molar-refractivity contribution in [3.8, 4) is 22.6 Å². The minimum Gasteiger partial charge on any atom is -0.508 e. The van der Waals surface area contributed by atoms with Gasteiger partial charge in [0.25, 0.3) is 0 Å². The smallest absolute Gasteiger partial charge is 0.508 e. The molecule has 168 valence electrons. The minimum absolute atomic E-state index is 0.0239. The fourth-order valence-corrected chi connectivity index (χ4v) is 4.03. The molecule has 0 radical (unpaired) electrons. The van der Waals surface area contributed by atoms with Gasteiger partial charge in [-0.25, -0.2) is 0 Å². The normalized spacial score (nSPS) is 17.3. The fraction of sp³-hybridized carbons (Fsp3) is 0.250. The Morgan fingerprint density at radius 3 is 2.53 bits per heavy atom. The quantitative estimate of drug-likeness (QED) is 0.490. The molecule has 3 aromatic rings. The Morgan fingerprint density at radius 1 is 1.03 bits per heavy atom. The van der Waals surface area contributed by atoms with Crippen LogP contribution in [0.15, 0.2) is 66.7 Å². The van der Waals surface area contributed by atoms with E-state index in [1.807, 2.05) is 36.4 Å². The summed E-state index contributed by atoms with van der Waals surface area (Å²) < 4.78 is 48.8. The standard InChI is InChI=1S/C24H21ClF3NO3/c25-18-7-5-16(6-8-18)22-15-31-12-11-29(22)14-17-3-1-2-4-20(17)21-13-19(30)9-10-23(21)32-24(26,27)28/h1-10,13,22,30H,11-12,14-15H2/t22-/m0/s1. The van der Waals surface area contributed by atoms with Crippen LogP contribution in [-0.2, 0) is 11.3 Å². The molecule has 4 nitrogen and oxygen atoms in total. The van der Waals surface area contributed by atoms with Crippen LogP contribution < -0.4 is 4.74 Å². The number of benzene rings is 3. The van der Waals surface area contributed by atoms with Gasteiger partial charge in [-0.05, 0) is 47.0 Å². The number of nitrogens with zero attached hydrogens (tertiary/aromatic N) is 1. The predicted molar refractivity (Wildman–Crippen MR) is 116 cm³/mol. The van der Waals surface area contributed by atoms with Crippen LogP contribution in [0.25, 0.3) is 11.1 Å². The zero-order chi connectivity index (χ0) is 22.7. The first-order valence-electron chi connectivity index (χ1n) is 10.0. The highest BCUT2D eigenvalue weighted by Crippen LogP contribution is 2.39. The molecule has 1 aliphatic rings. The Hall–Kier alpha value is -2.74. The first kappa shape index (κ1) is 22.5. The van der Waals surface area contributed by atoms with E-state index in [4.69, 9.17) is 16.3 Å². The highest BCUT2D eigenvalue weighted by molar-refractivity contribution is 6.30. The van der Waals surface area contributed by atoms with Crippen LogP contribution in [0.1, 0.15) is 17.2 Å². The largest absolute Gasteiger partial charge is 0.573 e. The van der Waals surface area contributed by atoms with Gasteiger partial charge in [0.15, 0.2) is 0 Å². The third-order valence-electron chi connectivity index (χ3n) is 5.36. The SMILES string of the molecule is Oc1ccc(OC(F)(F)F)c(-c2ccccc2CN2CCOC[C@H]2c2ccc(Cl)cc2)c1. The topological polar surface area (TPSA) is 41.9 Å². The van der Waals surface area contributed by atoms with Crippen molar-refractivity contribution in [3.05, 3.63) is 82.9 Å². The average Bonchev–Trinajstić information content (AvgIpc) is 2.76. The lowest BCUT2D eigenvalue weighted by atomic mass is 9.97. The van der Waals surface area contributed by atoms with E-state index in [0.29, 0.717) is 36.9 Å². The number of phenolic OH excluding ortho intramolecular Hbond substituents is 1. The Labute approximate surface area is 188 Å². The van der Waals surface area contributed by atoms with E-state index in [2.05, 4.69) is 9.64 Å². The molecule has 0 aromatic heterocycles. The molecule has 0 spiro atoms. The van der Waals surface area contributed by atoms with Gasteiger partial charge in [-0.3, -0.25) is 4.90 Å². The van der Waals surface area contributed by atoms with Crippen LogP contribution in [-0.4, -0.2) is 36.1 Å². The van der Waals surface area contributed by atoms with Gasteiger partial charge in [0.05, 0.1) is 19.3 Å². The Balaban J connectivity index is 1.68. The summed E-state index contributed by atoms with van der Waals surface area (Å²) in [6.07, 6.45) is -4.84. The fourth-order valence-electron chi connectivity index (χ4n) is 3.90. The van der Waals surface area contributed by atoms with Crippen LogP contribution >= 0.6 is 11.6 Å². The summed E-state index contributed by atoms with van der Waals surface area (Å²) in [5.41, 5.74) is 2.59. The van der Waals surface area contributed by atoms with E-state index in [9.17, 15) is 18.3 Å². The summed E-state index contributed by atoms with van der Waals surface area (Å²) in [5, 5.41) is 10.6. The third-order valence-corrected chi connectivity index (χ3v) is 5.62.